The van der Waals surface area contributed by atoms with Crippen LogP contribution in [0.2, 0.25) is 0 Å². The van der Waals surface area contributed by atoms with Gasteiger partial charge in [-0.1, -0.05) is 35.2 Å². The molecule has 1 aromatic heterocycles. The summed E-state index contributed by atoms with van der Waals surface area (Å²) in [6.07, 6.45) is 7.60. The normalized spacial score (nSPS) is 20.5. The zero-order valence-corrected chi connectivity index (χ0v) is 18.6. The number of thiazole rings is 1. The summed E-state index contributed by atoms with van der Waals surface area (Å²) in [5.41, 5.74) is 1.23. The Morgan fingerprint density at radius 3 is 2.62 bits per heavy atom. The number of carbonyl (C=O) groups is 2. The van der Waals surface area contributed by atoms with Crippen molar-refractivity contribution in [2.75, 3.05) is 16.8 Å². The van der Waals surface area contributed by atoms with E-state index in [1.807, 2.05) is 24.3 Å². The van der Waals surface area contributed by atoms with Gasteiger partial charge in [0.1, 0.15) is 11.7 Å². The molecule has 2 heterocycles. The summed E-state index contributed by atoms with van der Waals surface area (Å²) in [6.45, 7) is 0.666. The van der Waals surface area contributed by atoms with Gasteiger partial charge < -0.3 is 15.5 Å². The number of halogens is 1. The second kappa shape index (κ2) is 9.26. The highest BCUT2D eigenvalue weighted by Crippen LogP contribution is 2.25. The van der Waals surface area contributed by atoms with Crippen LogP contribution in [0.3, 0.4) is 0 Å². The number of hydrogen-bond donors (Lipinski definition) is 2. The van der Waals surface area contributed by atoms with E-state index in [0.29, 0.717) is 24.7 Å². The van der Waals surface area contributed by atoms with Crippen LogP contribution in [-0.4, -0.2) is 35.4 Å². The number of anilines is 2. The molecule has 1 saturated carbocycles. The Labute approximate surface area is 183 Å². The van der Waals surface area contributed by atoms with E-state index in [-0.39, 0.29) is 11.8 Å². The van der Waals surface area contributed by atoms with Crippen molar-refractivity contribution in [3.8, 4) is 0 Å². The third kappa shape index (κ3) is 4.98. The van der Waals surface area contributed by atoms with Crippen LogP contribution in [0.4, 0.5) is 10.8 Å². The summed E-state index contributed by atoms with van der Waals surface area (Å²) in [4.78, 5) is 31.8. The molecule has 4 rings (SSSR count). The SMILES string of the molecule is O=C(NC1CCCN(c2ccc(Br)cc2)C1=O)c1csc(NC2CCCCC2)n1. The van der Waals surface area contributed by atoms with E-state index in [1.54, 1.807) is 10.3 Å². The maximum atomic E-state index is 12.9. The second-order valence-electron chi connectivity index (χ2n) is 7.65. The molecule has 1 atom stereocenters. The number of piperidine rings is 1. The maximum absolute atomic E-state index is 12.9. The fraction of sp³-hybridized carbons (Fsp3) is 0.476. The number of nitrogens with one attached hydrogen (secondary N) is 2. The van der Waals surface area contributed by atoms with Gasteiger partial charge in [0, 0.05) is 28.1 Å². The van der Waals surface area contributed by atoms with E-state index < -0.39 is 6.04 Å². The number of nitrogens with zero attached hydrogens (tertiary/aromatic N) is 2. The van der Waals surface area contributed by atoms with Crippen molar-refractivity contribution in [1.82, 2.24) is 10.3 Å². The van der Waals surface area contributed by atoms with Crippen LogP contribution < -0.4 is 15.5 Å². The minimum absolute atomic E-state index is 0.0669. The molecule has 2 N–H and O–H groups in total. The first-order valence-electron chi connectivity index (χ1n) is 10.2. The molecule has 0 spiro atoms. The lowest BCUT2D eigenvalue weighted by Gasteiger charge is -2.32. The molecule has 2 aliphatic rings. The number of rotatable bonds is 5. The standard InChI is InChI=1S/C21H25BrN4O2S/c22-14-8-10-16(11-9-14)26-12-4-7-17(20(26)28)24-19(27)18-13-29-21(25-18)23-15-5-2-1-3-6-15/h8-11,13,15,17H,1-7,12H2,(H,23,25)(H,24,27). The topological polar surface area (TPSA) is 74.3 Å². The molecule has 29 heavy (non-hydrogen) atoms. The zero-order chi connectivity index (χ0) is 20.2. The number of carbonyl (C=O) groups excluding carboxylic acids is 2. The van der Waals surface area contributed by atoms with Crippen molar-refractivity contribution in [2.45, 2.75) is 57.0 Å². The Hall–Kier alpha value is -1.93. The Bertz CT molecular complexity index is 864. The van der Waals surface area contributed by atoms with Gasteiger partial charge in [0.15, 0.2) is 5.13 Å². The molecular formula is C21H25BrN4O2S. The predicted octanol–water partition coefficient (Wildman–Crippen LogP) is 4.58. The molecule has 0 bridgehead atoms. The molecule has 6 nitrogen and oxygen atoms in total. The van der Waals surface area contributed by atoms with Crippen molar-refractivity contribution < 1.29 is 9.59 Å². The van der Waals surface area contributed by atoms with Gasteiger partial charge in [-0.2, -0.15) is 0 Å². The smallest absolute Gasteiger partial charge is 0.271 e. The molecule has 8 heteroatoms. The third-order valence-electron chi connectivity index (χ3n) is 5.55. The molecule has 1 unspecified atom stereocenters. The Morgan fingerprint density at radius 2 is 1.86 bits per heavy atom. The van der Waals surface area contributed by atoms with E-state index in [9.17, 15) is 9.59 Å². The first-order chi connectivity index (χ1) is 14.1. The van der Waals surface area contributed by atoms with Crippen LogP contribution in [-0.2, 0) is 4.79 Å². The van der Waals surface area contributed by atoms with Crippen LogP contribution in [0.1, 0.15) is 55.4 Å². The third-order valence-corrected chi connectivity index (χ3v) is 6.85. The van der Waals surface area contributed by atoms with Gasteiger partial charge in [0.25, 0.3) is 5.91 Å². The number of benzene rings is 1. The number of amides is 2. The molecular weight excluding hydrogens is 452 g/mol. The molecule has 2 fully saturated rings. The van der Waals surface area contributed by atoms with Crippen LogP contribution in [0.5, 0.6) is 0 Å². The molecule has 154 valence electrons. The summed E-state index contributed by atoms with van der Waals surface area (Å²) >= 11 is 4.87. The number of aromatic nitrogens is 1. The highest BCUT2D eigenvalue weighted by atomic mass is 79.9. The zero-order valence-electron chi connectivity index (χ0n) is 16.2. The van der Waals surface area contributed by atoms with Crippen LogP contribution in [0.25, 0.3) is 0 Å². The Kier molecular flexibility index (Phi) is 6.50. The van der Waals surface area contributed by atoms with Gasteiger partial charge in [-0.05, 0) is 49.9 Å². The van der Waals surface area contributed by atoms with Gasteiger partial charge in [-0.15, -0.1) is 11.3 Å². The van der Waals surface area contributed by atoms with Crippen LogP contribution in [0.15, 0.2) is 34.1 Å². The van der Waals surface area contributed by atoms with E-state index in [1.165, 1.54) is 30.6 Å². The van der Waals surface area contributed by atoms with E-state index in [0.717, 1.165) is 34.6 Å². The van der Waals surface area contributed by atoms with Crippen molar-refractivity contribution in [1.29, 1.82) is 0 Å². The van der Waals surface area contributed by atoms with Crippen molar-refractivity contribution >= 4 is 49.9 Å². The Balaban J connectivity index is 1.37. The molecule has 1 aliphatic carbocycles. The van der Waals surface area contributed by atoms with Crippen molar-refractivity contribution in [2.24, 2.45) is 0 Å². The molecule has 2 amide bonds. The summed E-state index contributed by atoms with van der Waals surface area (Å²) in [5.74, 6) is -0.350. The molecule has 1 aromatic carbocycles. The molecule has 1 saturated heterocycles. The molecule has 1 aliphatic heterocycles. The van der Waals surface area contributed by atoms with Crippen LogP contribution in [0, 0.1) is 0 Å². The lowest BCUT2D eigenvalue weighted by molar-refractivity contribution is -0.121. The summed E-state index contributed by atoms with van der Waals surface area (Å²) in [5, 5.41) is 8.89. The van der Waals surface area contributed by atoms with Gasteiger partial charge in [-0.3, -0.25) is 9.59 Å². The highest BCUT2D eigenvalue weighted by molar-refractivity contribution is 9.10. The lowest BCUT2D eigenvalue weighted by atomic mass is 9.96. The van der Waals surface area contributed by atoms with Crippen molar-refractivity contribution in [3.63, 3.8) is 0 Å². The van der Waals surface area contributed by atoms with E-state index in [2.05, 4.69) is 31.5 Å². The molecule has 2 aromatic rings. The van der Waals surface area contributed by atoms with E-state index in [4.69, 9.17) is 0 Å². The Morgan fingerprint density at radius 1 is 1.10 bits per heavy atom. The minimum Gasteiger partial charge on any atom is -0.359 e. The maximum Gasteiger partial charge on any atom is 0.271 e. The quantitative estimate of drug-likeness (QED) is 0.662. The fourth-order valence-electron chi connectivity index (χ4n) is 3.98. The lowest BCUT2D eigenvalue weighted by Crippen LogP contribution is -2.52. The first kappa shape index (κ1) is 20.3. The van der Waals surface area contributed by atoms with Crippen molar-refractivity contribution in [3.05, 3.63) is 39.8 Å². The summed E-state index contributed by atoms with van der Waals surface area (Å²) < 4.78 is 0.969. The van der Waals surface area contributed by atoms with Gasteiger partial charge in [0.05, 0.1) is 0 Å². The average Bonchev–Trinajstić information content (AvgIpc) is 3.20. The average molecular weight is 477 g/mol. The molecule has 0 radical (unpaired) electrons. The first-order valence-corrected chi connectivity index (χ1v) is 11.9. The second-order valence-corrected chi connectivity index (χ2v) is 9.43. The predicted molar refractivity (Wildman–Crippen MR) is 120 cm³/mol. The highest BCUT2D eigenvalue weighted by Gasteiger charge is 2.31. The number of hydrogen-bond acceptors (Lipinski definition) is 5. The van der Waals surface area contributed by atoms with Gasteiger partial charge in [0.2, 0.25) is 5.91 Å². The fourth-order valence-corrected chi connectivity index (χ4v) is 5.02. The van der Waals surface area contributed by atoms with E-state index >= 15 is 0 Å². The van der Waals surface area contributed by atoms with Gasteiger partial charge in [-0.25, -0.2) is 4.98 Å². The summed E-state index contributed by atoms with van der Waals surface area (Å²) in [6, 6.07) is 7.59. The van der Waals surface area contributed by atoms with Gasteiger partial charge >= 0.3 is 0 Å². The monoisotopic (exact) mass is 476 g/mol. The largest absolute Gasteiger partial charge is 0.359 e. The summed E-state index contributed by atoms with van der Waals surface area (Å²) in [7, 11) is 0. The minimum atomic E-state index is -0.517. The van der Waals surface area contributed by atoms with Crippen LogP contribution >= 0.6 is 27.3 Å².